The van der Waals surface area contributed by atoms with Crippen molar-refractivity contribution in [2.45, 2.75) is 52.1 Å². The van der Waals surface area contributed by atoms with Gasteiger partial charge in [0.1, 0.15) is 0 Å². The number of aromatic nitrogens is 3. The lowest BCUT2D eigenvalue weighted by Crippen LogP contribution is -2.32. The summed E-state index contributed by atoms with van der Waals surface area (Å²) < 4.78 is 10.9. The third-order valence-electron chi connectivity index (χ3n) is 4.11. The van der Waals surface area contributed by atoms with Crippen LogP contribution in [-0.4, -0.2) is 28.3 Å². The molecule has 6 nitrogen and oxygen atoms in total. The van der Waals surface area contributed by atoms with Gasteiger partial charge in [-0.25, -0.2) is 4.98 Å². The second-order valence-corrected chi connectivity index (χ2v) is 7.21. The molecule has 23 heavy (non-hydrogen) atoms. The van der Waals surface area contributed by atoms with Gasteiger partial charge < -0.3 is 9.26 Å². The lowest BCUT2D eigenvalue weighted by Gasteiger charge is -2.28. The molecule has 0 saturated carbocycles. The van der Waals surface area contributed by atoms with Crippen LogP contribution in [0.15, 0.2) is 9.90 Å². The quantitative estimate of drug-likeness (QED) is 0.873. The average Bonchev–Trinajstić information content (AvgIpc) is 3.18. The number of nitrogens with one attached hydrogen (secondary N) is 1. The Balaban J connectivity index is 1.70. The standard InChI is InChI=1S/C16H24N4O2S/c1-10(2)16-19-13(9-23-16)8-17-14(12-4-6-21-7-5-12)15-18-11(3)20-22-15/h9-10,12,14,17H,4-8H2,1-3H3/t14-/m0/s1. The molecule has 3 heterocycles. The molecule has 126 valence electrons. The molecule has 0 bridgehead atoms. The molecule has 0 amide bonds. The van der Waals surface area contributed by atoms with E-state index in [1.165, 1.54) is 5.01 Å². The summed E-state index contributed by atoms with van der Waals surface area (Å²) in [7, 11) is 0. The van der Waals surface area contributed by atoms with Gasteiger partial charge in [0, 0.05) is 31.1 Å². The van der Waals surface area contributed by atoms with Gasteiger partial charge >= 0.3 is 0 Å². The molecule has 0 radical (unpaired) electrons. The van der Waals surface area contributed by atoms with Crippen LogP contribution in [0.25, 0.3) is 0 Å². The molecule has 3 rings (SSSR count). The van der Waals surface area contributed by atoms with Gasteiger partial charge in [-0.05, 0) is 25.7 Å². The Morgan fingerprint density at radius 2 is 2.09 bits per heavy atom. The fraction of sp³-hybridized carbons (Fsp3) is 0.688. The SMILES string of the molecule is Cc1noc([C@@H](NCc2csc(C(C)C)n2)C2CCOCC2)n1. The van der Waals surface area contributed by atoms with E-state index in [0.29, 0.717) is 30.1 Å². The molecule has 0 spiro atoms. The van der Waals surface area contributed by atoms with Crippen molar-refractivity contribution in [3.63, 3.8) is 0 Å². The van der Waals surface area contributed by atoms with Gasteiger partial charge in [0.15, 0.2) is 5.82 Å². The van der Waals surface area contributed by atoms with Crippen LogP contribution in [0.3, 0.4) is 0 Å². The summed E-state index contributed by atoms with van der Waals surface area (Å²) in [6.45, 7) is 8.49. The fourth-order valence-corrected chi connectivity index (χ4v) is 3.66. The number of hydrogen-bond acceptors (Lipinski definition) is 7. The zero-order valence-electron chi connectivity index (χ0n) is 13.9. The highest BCUT2D eigenvalue weighted by molar-refractivity contribution is 7.09. The van der Waals surface area contributed by atoms with E-state index in [-0.39, 0.29) is 6.04 Å². The van der Waals surface area contributed by atoms with Crippen LogP contribution in [0.4, 0.5) is 0 Å². The molecule has 2 aromatic heterocycles. The largest absolute Gasteiger partial charge is 0.381 e. The summed E-state index contributed by atoms with van der Waals surface area (Å²) >= 11 is 1.72. The molecule has 7 heteroatoms. The van der Waals surface area contributed by atoms with Crippen LogP contribution in [0.1, 0.15) is 61.1 Å². The third kappa shape index (κ3) is 4.16. The summed E-state index contributed by atoms with van der Waals surface area (Å²) in [6, 6.07) is 0.0595. The highest BCUT2D eigenvalue weighted by Crippen LogP contribution is 2.30. The molecular formula is C16H24N4O2S. The van der Waals surface area contributed by atoms with Crippen LogP contribution in [0.5, 0.6) is 0 Å². The Labute approximate surface area is 140 Å². The first-order chi connectivity index (χ1) is 11.1. The second kappa shape index (κ2) is 7.51. The van der Waals surface area contributed by atoms with Gasteiger partial charge in [-0.3, -0.25) is 5.32 Å². The topological polar surface area (TPSA) is 73.1 Å². The van der Waals surface area contributed by atoms with E-state index in [9.17, 15) is 0 Å². The van der Waals surface area contributed by atoms with Crippen molar-refractivity contribution >= 4 is 11.3 Å². The Morgan fingerprint density at radius 1 is 1.30 bits per heavy atom. The maximum Gasteiger partial charge on any atom is 0.244 e. The summed E-state index contributed by atoms with van der Waals surface area (Å²) in [4.78, 5) is 9.12. The zero-order chi connectivity index (χ0) is 16.2. The van der Waals surface area contributed by atoms with Crippen molar-refractivity contribution in [2.75, 3.05) is 13.2 Å². The number of aryl methyl sites for hydroxylation is 1. The molecule has 1 atom stereocenters. The van der Waals surface area contributed by atoms with Gasteiger partial charge in [-0.2, -0.15) is 4.98 Å². The van der Waals surface area contributed by atoms with Gasteiger partial charge in [0.05, 0.1) is 16.7 Å². The number of ether oxygens (including phenoxy) is 1. The predicted molar refractivity (Wildman–Crippen MR) is 88.4 cm³/mol. The first-order valence-corrected chi connectivity index (χ1v) is 9.07. The van der Waals surface area contributed by atoms with Crippen molar-refractivity contribution in [3.8, 4) is 0 Å². The number of nitrogens with zero attached hydrogens (tertiary/aromatic N) is 3. The number of hydrogen-bond donors (Lipinski definition) is 1. The maximum atomic E-state index is 5.48. The Morgan fingerprint density at radius 3 is 2.70 bits per heavy atom. The molecule has 0 aliphatic carbocycles. The number of thiazole rings is 1. The van der Waals surface area contributed by atoms with Crippen molar-refractivity contribution < 1.29 is 9.26 Å². The monoisotopic (exact) mass is 336 g/mol. The minimum Gasteiger partial charge on any atom is -0.381 e. The minimum atomic E-state index is 0.0595. The second-order valence-electron chi connectivity index (χ2n) is 6.32. The Hall–Kier alpha value is -1.31. The van der Waals surface area contributed by atoms with Crippen LogP contribution in [0, 0.1) is 12.8 Å². The molecule has 1 saturated heterocycles. The Kier molecular flexibility index (Phi) is 5.40. The van der Waals surface area contributed by atoms with E-state index in [1.54, 1.807) is 11.3 Å². The first kappa shape index (κ1) is 16.5. The molecule has 0 unspecified atom stereocenters. The normalized spacial score (nSPS) is 17.7. The van der Waals surface area contributed by atoms with Crippen LogP contribution in [-0.2, 0) is 11.3 Å². The molecule has 1 fully saturated rings. The lowest BCUT2D eigenvalue weighted by atomic mass is 9.91. The van der Waals surface area contributed by atoms with Crippen molar-refractivity contribution in [1.82, 2.24) is 20.4 Å². The molecule has 1 N–H and O–H groups in total. The predicted octanol–water partition coefficient (Wildman–Crippen LogP) is 3.22. The zero-order valence-corrected chi connectivity index (χ0v) is 14.7. The van der Waals surface area contributed by atoms with E-state index in [0.717, 1.165) is 31.7 Å². The highest BCUT2D eigenvalue weighted by Gasteiger charge is 2.29. The summed E-state index contributed by atoms with van der Waals surface area (Å²) in [5.74, 6) is 2.27. The lowest BCUT2D eigenvalue weighted by molar-refractivity contribution is 0.0485. The molecular weight excluding hydrogens is 312 g/mol. The van der Waals surface area contributed by atoms with Gasteiger partial charge in [-0.1, -0.05) is 19.0 Å². The maximum absolute atomic E-state index is 5.48. The van der Waals surface area contributed by atoms with E-state index in [1.807, 2.05) is 6.92 Å². The molecule has 1 aliphatic heterocycles. The van der Waals surface area contributed by atoms with Crippen molar-refractivity contribution in [3.05, 3.63) is 27.8 Å². The fourth-order valence-electron chi connectivity index (χ4n) is 2.83. The summed E-state index contributed by atoms with van der Waals surface area (Å²) in [6.07, 6.45) is 2.01. The van der Waals surface area contributed by atoms with Gasteiger partial charge in [0.25, 0.3) is 0 Å². The smallest absolute Gasteiger partial charge is 0.244 e. The Bertz CT molecular complexity index is 619. The van der Waals surface area contributed by atoms with E-state index < -0.39 is 0 Å². The molecule has 1 aliphatic rings. The summed E-state index contributed by atoms with van der Waals surface area (Å²) in [5, 5.41) is 10.8. The third-order valence-corrected chi connectivity index (χ3v) is 5.31. The molecule has 0 aromatic carbocycles. The first-order valence-electron chi connectivity index (χ1n) is 8.19. The molecule has 2 aromatic rings. The summed E-state index contributed by atoms with van der Waals surface area (Å²) in [5.41, 5.74) is 1.08. The van der Waals surface area contributed by atoms with Crippen LogP contribution in [0.2, 0.25) is 0 Å². The van der Waals surface area contributed by atoms with E-state index >= 15 is 0 Å². The average molecular weight is 336 g/mol. The minimum absolute atomic E-state index is 0.0595. The van der Waals surface area contributed by atoms with Crippen LogP contribution < -0.4 is 5.32 Å². The van der Waals surface area contributed by atoms with E-state index in [2.05, 4.69) is 34.7 Å². The van der Waals surface area contributed by atoms with Gasteiger partial charge in [-0.15, -0.1) is 11.3 Å². The van der Waals surface area contributed by atoms with Gasteiger partial charge in [0.2, 0.25) is 5.89 Å². The number of rotatable bonds is 6. The van der Waals surface area contributed by atoms with E-state index in [4.69, 9.17) is 14.2 Å². The highest BCUT2D eigenvalue weighted by atomic mass is 32.1. The van der Waals surface area contributed by atoms with Crippen LogP contribution >= 0.6 is 11.3 Å². The van der Waals surface area contributed by atoms with Crippen molar-refractivity contribution in [1.29, 1.82) is 0 Å². The van der Waals surface area contributed by atoms with Crippen molar-refractivity contribution in [2.24, 2.45) is 5.92 Å².